The minimum absolute atomic E-state index is 0.114. The summed E-state index contributed by atoms with van der Waals surface area (Å²) in [4.78, 5) is 2.19. The predicted octanol–water partition coefficient (Wildman–Crippen LogP) is 1.52. The average molecular weight is 299 g/mol. The van der Waals surface area contributed by atoms with Crippen LogP contribution in [0, 0.1) is 5.92 Å². The molecule has 1 rings (SSSR count). The van der Waals surface area contributed by atoms with Crippen LogP contribution in [0.25, 0.3) is 0 Å². The zero-order chi connectivity index (χ0) is 15.3. The van der Waals surface area contributed by atoms with Gasteiger partial charge in [-0.3, -0.25) is 0 Å². The Balaban J connectivity index is 2.90. The molecule has 3 N–H and O–H groups in total. The maximum Gasteiger partial charge on any atom is 0.240 e. The molecule has 0 saturated carbocycles. The molecular weight excluding hydrogens is 274 g/mol. The van der Waals surface area contributed by atoms with Gasteiger partial charge in [0.15, 0.2) is 0 Å². The normalized spacial score (nSPS) is 13.9. The first-order valence-electron chi connectivity index (χ1n) is 6.73. The summed E-state index contributed by atoms with van der Waals surface area (Å²) in [6.45, 7) is 4.83. The highest BCUT2D eigenvalue weighted by Gasteiger charge is 2.21. The van der Waals surface area contributed by atoms with Gasteiger partial charge in [0.1, 0.15) is 0 Å². The number of nitrogens with one attached hydrogen (secondary N) is 1. The first-order valence-corrected chi connectivity index (χ1v) is 8.21. The molecule has 0 amide bonds. The van der Waals surface area contributed by atoms with Crippen LogP contribution in [0.4, 0.5) is 5.69 Å². The second-order valence-corrected chi connectivity index (χ2v) is 7.50. The van der Waals surface area contributed by atoms with Gasteiger partial charge in [-0.05, 0) is 44.6 Å². The molecule has 0 saturated heterocycles. The molecule has 0 aliphatic carbocycles. The van der Waals surface area contributed by atoms with E-state index in [0.29, 0.717) is 18.2 Å². The van der Waals surface area contributed by atoms with Crippen LogP contribution in [-0.2, 0) is 10.0 Å². The zero-order valence-electron chi connectivity index (χ0n) is 12.6. The van der Waals surface area contributed by atoms with Crippen LogP contribution in [0.2, 0.25) is 0 Å². The van der Waals surface area contributed by atoms with Crippen molar-refractivity contribution in [2.75, 3.05) is 26.4 Å². The summed E-state index contributed by atoms with van der Waals surface area (Å²) in [5.41, 5.74) is 6.09. The lowest BCUT2D eigenvalue weighted by atomic mass is 10.0. The number of sulfonamides is 1. The van der Waals surface area contributed by atoms with Gasteiger partial charge < -0.3 is 10.6 Å². The Morgan fingerprint density at radius 2 is 1.95 bits per heavy atom. The van der Waals surface area contributed by atoms with E-state index in [0.717, 1.165) is 6.42 Å². The fourth-order valence-corrected chi connectivity index (χ4v) is 3.43. The van der Waals surface area contributed by atoms with Crippen molar-refractivity contribution in [2.24, 2.45) is 5.92 Å². The molecule has 1 atom stereocenters. The zero-order valence-corrected chi connectivity index (χ0v) is 13.4. The third-order valence-corrected chi connectivity index (χ3v) is 4.35. The van der Waals surface area contributed by atoms with Gasteiger partial charge in [-0.2, -0.15) is 0 Å². The third kappa shape index (κ3) is 5.48. The largest absolute Gasteiger partial charge is 0.399 e. The van der Waals surface area contributed by atoms with Gasteiger partial charge in [-0.1, -0.05) is 19.9 Å². The topological polar surface area (TPSA) is 75.4 Å². The fraction of sp³-hybridized carbons (Fsp3) is 0.571. The van der Waals surface area contributed by atoms with Crippen LogP contribution in [-0.4, -0.2) is 40.0 Å². The van der Waals surface area contributed by atoms with Crippen molar-refractivity contribution in [3.05, 3.63) is 24.3 Å². The van der Waals surface area contributed by atoms with Gasteiger partial charge in [0.25, 0.3) is 0 Å². The van der Waals surface area contributed by atoms with Crippen LogP contribution in [0.15, 0.2) is 29.2 Å². The molecular formula is C14H25N3O2S. The lowest BCUT2D eigenvalue weighted by Crippen LogP contribution is -2.42. The molecule has 5 nitrogen and oxygen atoms in total. The number of nitrogens with two attached hydrogens (primary N) is 1. The van der Waals surface area contributed by atoms with E-state index >= 15 is 0 Å². The van der Waals surface area contributed by atoms with E-state index in [9.17, 15) is 8.42 Å². The highest BCUT2D eigenvalue weighted by molar-refractivity contribution is 7.89. The molecule has 0 aliphatic rings. The molecule has 1 unspecified atom stereocenters. The van der Waals surface area contributed by atoms with Crippen molar-refractivity contribution < 1.29 is 8.42 Å². The maximum atomic E-state index is 12.4. The van der Waals surface area contributed by atoms with Crippen molar-refractivity contribution in [3.8, 4) is 0 Å². The minimum Gasteiger partial charge on any atom is -0.399 e. The molecule has 0 bridgehead atoms. The van der Waals surface area contributed by atoms with Gasteiger partial charge in [0, 0.05) is 18.3 Å². The summed E-state index contributed by atoms with van der Waals surface area (Å²) >= 11 is 0. The summed E-state index contributed by atoms with van der Waals surface area (Å²) in [5, 5.41) is 0. The molecule has 0 spiro atoms. The first-order chi connectivity index (χ1) is 9.20. The van der Waals surface area contributed by atoms with E-state index < -0.39 is 10.0 Å². The van der Waals surface area contributed by atoms with Crippen LogP contribution < -0.4 is 10.5 Å². The quantitative estimate of drug-likeness (QED) is 0.749. The fourth-order valence-electron chi connectivity index (χ4n) is 2.14. The van der Waals surface area contributed by atoms with Crippen LogP contribution >= 0.6 is 0 Å². The number of nitrogen functional groups attached to an aromatic ring is 1. The van der Waals surface area contributed by atoms with Crippen molar-refractivity contribution in [3.63, 3.8) is 0 Å². The number of likely N-dealkylation sites (N-methyl/N-ethyl adjacent to an activating group) is 1. The predicted molar refractivity (Wildman–Crippen MR) is 83.0 cm³/mol. The molecule has 20 heavy (non-hydrogen) atoms. The lowest BCUT2D eigenvalue weighted by Gasteiger charge is -2.23. The standard InChI is InChI=1S/C14H25N3O2S/c1-11(2)8-13(10-17(3)4)16-20(18,19)14-7-5-6-12(15)9-14/h5-7,9,11,13,16H,8,10,15H2,1-4H3. The Hall–Kier alpha value is -1.11. The summed E-state index contributed by atoms with van der Waals surface area (Å²) in [6.07, 6.45) is 0.791. The van der Waals surface area contributed by atoms with Crippen LogP contribution in [0.5, 0.6) is 0 Å². The van der Waals surface area contributed by atoms with Crippen LogP contribution in [0.1, 0.15) is 20.3 Å². The number of rotatable bonds is 7. The lowest BCUT2D eigenvalue weighted by molar-refractivity contribution is 0.329. The second-order valence-electron chi connectivity index (χ2n) is 5.78. The number of nitrogens with zero attached hydrogens (tertiary/aromatic N) is 1. The molecule has 0 radical (unpaired) electrons. The molecule has 1 aromatic carbocycles. The average Bonchev–Trinajstić information content (AvgIpc) is 2.26. The maximum absolute atomic E-state index is 12.4. The van der Waals surface area contributed by atoms with E-state index in [2.05, 4.69) is 18.6 Å². The Labute approximate surface area is 122 Å². The van der Waals surface area contributed by atoms with E-state index in [1.54, 1.807) is 18.2 Å². The highest BCUT2D eigenvalue weighted by Crippen LogP contribution is 2.15. The van der Waals surface area contributed by atoms with Gasteiger partial charge >= 0.3 is 0 Å². The SMILES string of the molecule is CC(C)CC(CN(C)C)NS(=O)(=O)c1cccc(N)c1. The highest BCUT2D eigenvalue weighted by atomic mass is 32.2. The van der Waals surface area contributed by atoms with Crippen molar-refractivity contribution in [1.82, 2.24) is 9.62 Å². The van der Waals surface area contributed by atoms with E-state index in [1.807, 2.05) is 19.0 Å². The van der Waals surface area contributed by atoms with Crippen molar-refractivity contribution >= 4 is 15.7 Å². The molecule has 0 heterocycles. The molecule has 1 aromatic rings. The molecule has 6 heteroatoms. The Bertz CT molecular complexity index is 517. The minimum atomic E-state index is -3.53. The molecule has 0 fully saturated rings. The smallest absolute Gasteiger partial charge is 0.240 e. The van der Waals surface area contributed by atoms with E-state index in [4.69, 9.17) is 5.73 Å². The number of anilines is 1. The summed E-state index contributed by atoms with van der Waals surface area (Å²) in [5.74, 6) is 0.420. The monoisotopic (exact) mass is 299 g/mol. The van der Waals surface area contributed by atoms with Gasteiger partial charge in [0.05, 0.1) is 4.90 Å². The Kier molecular flexibility index (Phi) is 5.98. The number of benzene rings is 1. The van der Waals surface area contributed by atoms with E-state index in [1.165, 1.54) is 6.07 Å². The van der Waals surface area contributed by atoms with Crippen LogP contribution in [0.3, 0.4) is 0 Å². The summed E-state index contributed by atoms with van der Waals surface area (Å²) in [6, 6.07) is 6.24. The van der Waals surface area contributed by atoms with Gasteiger partial charge in [-0.15, -0.1) is 0 Å². The number of hydrogen-bond acceptors (Lipinski definition) is 4. The van der Waals surface area contributed by atoms with Crippen molar-refractivity contribution in [1.29, 1.82) is 0 Å². The van der Waals surface area contributed by atoms with E-state index in [-0.39, 0.29) is 10.9 Å². The summed E-state index contributed by atoms with van der Waals surface area (Å²) in [7, 11) is 0.335. The number of hydrogen-bond donors (Lipinski definition) is 2. The molecule has 0 aliphatic heterocycles. The van der Waals surface area contributed by atoms with Gasteiger partial charge in [-0.25, -0.2) is 13.1 Å². The molecule has 0 aromatic heterocycles. The van der Waals surface area contributed by atoms with Gasteiger partial charge in [0.2, 0.25) is 10.0 Å². The Morgan fingerprint density at radius 1 is 1.30 bits per heavy atom. The second kappa shape index (κ2) is 7.06. The third-order valence-electron chi connectivity index (χ3n) is 2.83. The Morgan fingerprint density at radius 3 is 2.45 bits per heavy atom. The molecule has 114 valence electrons. The first kappa shape index (κ1) is 16.9. The van der Waals surface area contributed by atoms with Crippen molar-refractivity contribution in [2.45, 2.75) is 31.2 Å². The summed E-state index contributed by atoms with van der Waals surface area (Å²) < 4.78 is 27.5.